The second-order valence-corrected chi connectivity index (χ2v) is 4.61. The summed E-state index contributed by atoms with van der Waals surface area (Å²) in [6.07, 6.45) is 2.38. The zero-order valence-electron chi connectivity index (χ0n) is 9.36. The van der Waals surface area contributed by atoms with Gasteiger partial charge in [0.2, 0.25) is 0 Å². The SMILES string of the molecule is CC[C@]1(COC)[C@H]2Cc3ccccc3N21. The fourth-order valence-electron chi connectivity index (χ4n) is 3.18. The quantitative estimate of drug-likeness (QED) is 0.698. The van der Waals surface area contributed by atoms with Crippen LogP contribution in [0.1, 0.15) is 18.9 Å². The van der Waals surface area contributed by atoms with E-state index in [0.29, 0.717) is 11.6 Å². The summed E-state index contributed by atoms with van der Waals surface area (Å²) in [5.41, 5.74) is 3.24. The van der Waals surface area contributed by atoms with Crippen molar-refractivity contribution in [2.45, 2.75) is 31.3 Å². The maximum absolute atomic E-state index is 5.37. The van der Waals surface area contributed by atoms with Gasteiger partial charge in [-0.05, 0) is 24.5 Å². The zero-order valence-corrected chi connectivity index (χ0v) is 9.36. The summed E-state index contributed by atoms with van der Waals surface area (Å²) in [6, 6.07) is 9.44. The predicted octanol–water partition coefficient (Wildman–Crippen LogP) is 2.23. The average molecular weight is 203 g/mol. The van der Waals surface area contributed by atoms with Crippen LogP contribution in [0, 0.1) is 0 Å². The summed E-state index contributed by atoms with van der Waals surface area (Å²) >= 11 is 0. The maximum Gasteiger partial charge on any atom is 0.0842 e. The van der Waals surface area contributed by atoms with Gasteiger partial charge in [0.05, 0.1) is 18.2 Å². The molecule has 2 nitrogen and oxygen atoms in total. The Labute approximate surface area is 90.8 Å². The van der Waals surface area contributed by atoms with Gasteiger partial charge < -0.3 is 9.64 Å². The summed E-state index contributed by atoms with van der Waals surface area (Å²) in [5, 5.41) is 0. The van der Waals surface area contributed by atoms with E-state index in [1.54, 1.807) is 7.11 Å². The van der Waals surface area contributed by atoms with E-state index in [-0.39, 0.29) is 0 Å². The molecule has 1 saturated heterocycles. The molecule has 80 valence electrons. The normalized spacial score (nSPS) is 31.3. The highest BCUT2D eigenvalue weighted by atomic mass is 16.5. The number of anilines is 1. The number of methoxy groups -OCH3 is 1. The Morgan fingerprint density at radius 3 is 3.00 bits per heavy atom. The van der Waals surface area contributed by atoms with Crippen LogP contribution in [0.4, 0.5) is 5.69 Å². The fourth-order valence-corrected chi connectivity index (χ4v) is 3.18. The Hall–Kier alpha value is -1.02. The third-order valence-corrected chi connectivity index (χ3v) is 4.01. The molecular formula is C13H17NO. The van der Waals surface area contributed by atoms with E-state index in [9.17, 15) is 0 Å². The van der Waals surface area contributed by atoms with Crippen LogP contribution in [0.2, 0.25) is 0 Å². The molecule has 2 aliphatic rings. The molecule has 2 heterocycles. The van der Waals surface area contributed by atoms with Crippen molar-refractivity contribution in [1.82, 2.24) is 0 Å². The van der Waals surface area contributed by atoms with E-state index < -0.39 is 0 Å². The van der Waals surface area contributed by atoms with Crippen LogP contribution < -0.4 is 4.90 Å². The summed E-state index contributed by atoms with van der Waals surface area (Å²) in [5.74, 6) is 0. The Morgan fingerprint density at radius 1 is 1.47 bits per heavy atom. The molecule has 2 heteroatoms. The van der Waals surface area contributed by atoms with Crippen molar-refractivity contribution in [2.75, 3.05) is 18.6 Å². The standard InChI is InChI=1S/C13H17NO/c1-3-13(9-15-2)12-8-10-6-4-5-7-11(10)14(12)13/h4-7,12H,3,8-9H2,1-2H3/t12-,13+,14?/m1/s1. The van der Waals surface area contributed by atoms with E-state index in [0.717, 1.165) is 6.61 Å². The summed E-state index contributed by atoms with van der Waals surface area (Å²) in [7, 11) is 1.80. The molecule has 0 spiro atoms. The molecule has 15 heavy (non-hydrogen) atoms. The lowest BCUT2D eigenvalue weighted by molar-refractivity contribution is 0.166. The number of hydrogen-bond donors (Lipinski definition) is 0. The van der Waals surface area contributed by atoms with Crippen molar-refractivity contribution in [1.29, 1.82) is 0 Å². The molecule has 0 amide bonds. The second kappa shape index (κ2) is 2.99. The van der Waals surface area contributed by atoms with Gasteiger partial charge in [-0.3, -0.25) is 0 Å². The van der Waals surface area contributed by atoms with Gasteiger partial charge in [0.1, 0.15) is 0 Å². The van der Waals surface area contributed by atoms with Gasteiger partial charge in [-0.2, -0.15) is 0 Å². The molecular weight excluding hydrogens is 186 g/mol. The highest BCUT2D eigenvalue weighted by Gasteiger charge is 2.64. The fraction of sp³-hybridized carbons (Fsp3) is 0.538. The molecule has 0 radical (unpaired) electrons. The number of fused-ring (bicyclic) bond motifs is 3. The molecule has 0 aliphatic carbocycles. The van der Waals surface area contributed by atoms with Crippen molar-refractivity contribution in [3.05, 3.63) is 29.8 Å². The van der Waals surface area contributed by atoms with Crippen LogP contribution >= 0.6 is 0 Å². The summed E-state index contributed by atoms with van der Waals surface area (Å²) in [4.78, 5) is 2.55. The van der Waals surface area contributed by atoms with Gasteiger partial charge >= 0.3 is 0 Å². The van der Waals surface area contributed by atoms with Crippen LogP contribution in [0.25, 0.3) is 0 Å². The number of ether oxygens (including phenoxy) is 1. The molecule has 3 rings (SSSR count). The lowest BCUT2D eigenvalue weighted by atomic mass is 9.96. The van der Waals surface area contributed by atoms with Crippen LogP contribution in [-0.2, 0) is 11.2 Å². The number of nitrogens with zero attached hydrogens (tertiary/aromatic N) is 1. The molecule has 1 aromatic carbocycles. The molecule has 0 unspecified atom stereocenters. The second-order valence-electron chi connectivity index (χ2n) is 4.61. The molecule has 2 aliphatic heterocycles. The van der Waals surface area contributed by atoms with Crippen molar-refractivity contribution in [3.8, 4) is 0 Å². The Balaban J connectivity index is 1.94. The maximum atomic E-state index is 5.37. The monoisotopic (exact) mass is 203 g/mol. The topological polar surface area (TPSA) is 12.2 Å². The van der Waals surface area contributed by atoms with Crippen molar-refractivity contribution >= 4 is 5.69 Å². The molecule has 2 atom stereocenters. The van der Waals surface area contributed by atoms with Crippen molar-refractivity contribution < 1.29 is 4.74 Å². The molecule has 0 bridgehead atoms. The molecule has 1 fully saturated rings. The Morgan fingerprint density at radius 2 is 2.27 bits per heavy atom. The molecule has 0 saturated carbocycles. The smallest absolute Gasteiger partial charge is 0.0842 e. The minimum absolute atomic E-state index is 0.309. The average Bonchev–Trinajstić information content (AvgIpc) is 2.70. The molecule has 1 aromatic rings. The van der Waals surface area contributed by atoms with E-state index >= 15 is 0 Å². The third kappa shape index (κ3) is 1.03. The number of benzene rings is 1. The minimum Gasteiger partial charge on any atom is -0.382 e. The largest absolute Gasteiger partial charge is 0.382 e. The van der Waals surface area contributed by atoms with E-state index in [1.807, 2.05) is 0 Å². The highest BCUT2D eigenvalue weighted by Crippen LogP contribution is 2.55. The Kier molecular flexibility index (Phi) is 1.84. The Bertz CT molecular complexity index is 390. The molecule has 0 aromatic heterocycles. The first-order valence-electron chi connectivity index (χ1n) is 5.69. The van der Waals surface area contributed by atoms with Gasteiger partial charge in [-0.1, -0.05) is 25.1 Å². The van der Waals surface area contributed by atoms with Gasteiger partial charge in [-0.15, -0.1) is 0 Å². The van der Waals surface area contributed by atoms with Crippen LogP contribution in [0.15, 0.2) is 24.3 Å². The van der Waals surface area contributed by atoms with Crippen molar-refractivity contribution in [3.63, 3.8) is 0 Å². The van der Waals surface area contributed by atoms with Gasteiger partial charge in [0.25, 0.3) is 0 Å². The summed E-state index contributed by atoms with van der Waals surface area (Å²) in [6.45, 7) is 3.13. The first-order chi connectivity index (χ1) is 7.33. The molecule has 0 N–H and O–H groups in total. The van der Waals surface area contributed by atoms with Gasteiger partial charge in [-0.25, -0.2) is 0 Å². The number of hydrogen-bond acceptors (Lipinski definition) is 2. The zero-order chi connectivity index (χ0) is 10.5. The van der Waals surface area contributed by atoms with Crippen LogP contribution in [0.5, 0.6) is 0 Å². The van der Waals surface area contributed by atoms with Gasteiger partial charge in [0.15, 0.2) is 0 Å². The lowest BCUT2D eigenvalue weighted by Crippen LogP contribution is -2.27. The van der Waals surface area contributed by atoms with Crippen LogP contribution in [0.3, 0.4) is 0 Å². The van der Waals surface area contributed by atoms with Gasteiger partial charge in [0, 0.05) is 12.8 Å². The number of rotatable bonds is 3. The first-order valence-corrected chi connectivity index (χ1v) is 5.69. The summed E-state index contributed by atoms with van der Waals surface area (Å²) < 4.78 is 5.37. The minimum atomic E-state index is 0.309. The van der Waals surface area contributed by atoms with E-state index in [4.69, 9.17) is 4.74 Å². The van der Waals surface area contributed by atoms with E-state index in [2.05, 4.69) is 36.1 Å². The van der Waals surface area contributed by atoms with Crippen molar-refractivity contribution in [2.24, 2.45) is 0 Å². The number of para-hydroxylation sites is 1. The predicted molar refractivity (Wildman–Crippen MR) is 61.3 cm³/mol. The van der Waals surface area contributed by atoms with Crippen LogP contribution in [-0.4, -0.2) is 25.3 Å². The van der Waals surface area contributed by atoms with E-state index in [1.165, 1.54) is 24.1 Å². The highest BCUT2D eigenvalue weighted by molar-refractivity contribution is 5.71. The first kappa shape index (κ1) is 9.22. The lowest BCUT2D eigenvalue weighted by Gasteiger charge is -2.18. The third-order valence-electron chi connectivity index (χ3n) is 4.01.